The first kappa shape index (κ1) is 15.2. The van der Waals surface area contributed by atoms with E-state index in [1.54, 1.807) is 0 Å². The summed E-state index contributed by atoms with van der Waals surface area (Å²) in [6.07, 6.45) is 2.13. The summed E-state index contributed by atoms with van der Waals surface area (Å²) >= 11 is 0. The molecule has 0 aromatic rings. The molecule has 0 saturated carbocycles. The first-order chi connectivity index (χ1) is 7.56. The van der Waals surface area contributed by atoms with Gasteiger partial charge in [-0.15, -0.1) is 0 Å². The molecule has 0 aromatic carbocycles. The molecule has 0 spiro atoms. The number of hydrogen-bond acceptors (Lipinski definition) is 2. The van der Waals surface area contributed by atoms with E-state index in [0.29, 0.717) is 12.6 Å². The minimum absolute atomic E-state index is 0.324. The molecule has 1 unspecified atom stereocenters. The van der Waals surface area contributed by atoms with Crippen molar-refractivity contribution in [3.8, 4) is 0 Å². The monoisotopic (exact) mass is 228 g/mol. The zero-order chi connectivity index (χ0) is 12.6. The van der Waals surface area contributed by atoms with Crippen LogP contribution < -0.4 is 0 Å². The smallest absolute Gasteiger partial charge is 0.330 e. The lowest BCUT2D eigenvalue weighted by Gasteiger charge is -2.41. The fraction of sp³-hybridized carbons (Fsp3) is 0.769. The SMILES string of the molecule is C=CC(=O)OCCC(C)[N+](CC)(CC)CC. The van der Waals surface area contributed by atoms with E-state index in [0.717, 1.165) is 30.5 Å². The number of rotatable bonds is 8. The molecule has 0 aromatic heterocycles. The number of nitrogens with zero attached hydrogens (tertiary/aromatic N) is 1. The summed E-state index contributed by atoms with van der Waals surface area (Å²) in [4.78, 5) is 10.9. The third-order valence-electron chi connectivity index (χ3n) is 3.77. The average molecular weight is 228 g/mol. The maximum absolute atomic E-state index is 10.9. The van der Waals surface area contributed by atoms with Gasteiger partial charge in [-0.1, -0.05) is 6.58 Å². The van der Waals surface area contributed by atoms with Crippen molar-refractivity contribution in [3.05, 3.63) is 12.7 Å². The lowest BCUT2D eigenvalue weighted by molar-refractivity contribution is -0.945. The van der Waals surface area contributed by atoms with Crippen molar-refractivity contribution in [3.63, 3.8) is 0 Å². The van der Waals surface area contributed by atoms with E-state index in [4.69, 9.17) is 4.74 Å². The Morgan fingerprint density at radius 3 is 2.19 bits per heavy atom. The van der Waals surface area contributed by atoms with Gasteiger partial charge in [-0.3, -0.25) is 0 Å². The topological polar surface area (TPSA) is 26.3 Å². The van der Waals surface area contributed by atoms with Crippen LogP contribution in [0.1, 0.15) is 34.1 Å². The summed E-state index contributed by atoms with van der Waals surface area (Å²) in [6, 6.07) is 0.526. The number of carbonyl (C=O) groups excluding carboxylic acids is 1. The Balaban J connectivity index is 4.16. The van der Waals surface area contributed by atoms with Gasteiger partial charge >= 0.3 is 5.97 Å². The molecule has 94 valence electrons. The van der Waals surface area contributed by atoms with Crippen molar-refractivity contribution >= 4 is 5.97 Å². The Hall–Kier alpha value is -0.830. The van der Waals surface area contributed by atoms with Gasteiger partial charge < -0.3 is 9.22 Å². The van der Waals surface area contributed by atoms with Crippen LogP contribution in [0.15, 0.2) is 12.7 Å². The average Bonchev–Trinajstić information content (AvgIpc) is 2.31. The van der Waals surface area contributed by atoms with Crippen LogP contribution in [0, 0.1) is 0 Å². The Labute approximate surface area is 99.7 Å². The van der Waals surface area contributed by atoms with Crippen molar-refractivity contribution in [1.29, 1.82) is 0 Å². The van der Waals surface area contributed by atoms with E-state index in [1.807, 2.05) is 0 Å². The molecule has 0 amide bonds. The number of quaternary nitrogens is 1. The van der Waals surface area contributed by atoms with E-state index >= 15 is 0 Å². The molecule has 0 heterocycles. The number of ether oxygens (including phenoxy) is 1. The summed E-state index contributed by atoms with van der Waals surface area (Å²) in [6.45, 7) is 16.2. The van der Waals surface area contributed by atoms with Gasteiger partial charge in [0, 0.05) is 12.5 Å². The molecule has 0 radical (unpaired) electrons. The molecule has 1 atom stereocenters. The highest BCUT2D eigenvalue weighted by molar-refractivity contribution is 5.81. The lowest BCUT2D eigenvalue weighted by atomic mass is 10.1. The largest absolute Gasteiger partial charge is 0.462 e. The normalized spacial score (nSPS) is 13.2. The first-order valence-electron chi connectivity index (χ1n) is 6.21. The van der Waals surface area contributed by atoms with Crippen LogP contribution in [0.3, 0.4) is 0 Å². The van der Waals surface area contributed by atoms with Crippen LogP contribution in [0.4, 0.5) is 0 Å². The van der Waals surface area contributed by atoms with E-state index in [-0.39, 0.29) is 5.97 Å². The van der Waals surface area contributed by atoms with Gasteiger partial charge in [-0.25, -0.2) is 4.79 Å². The summed E-state index contributed by atoms with van der Waals surface area (Å²) in [7, 11) is 0. The zero-order valence-electron chi connectivity index (χ0n) is 11.2. The lowest BCUT2D eigenvalue weighted by Crippen LogP contribution is -2.54. The Kier molecular flexibility index (Phi) is 7.06. The van der Waals surface area contributed by atoms with Crippen LogP contribution in [0.5, 0.6) is 0 Å². The fourth-order valence-electron chi connectivity index (χ4n) is 2.27. The molecular weight excluding hydrogens is 202 g/mol. The zero-order valence-corrected chi connectivity index (χ0v) is 11.2. The Morgan fingerprint density at radius 1 is 1.31 bits per heavy atom. The summed E-state index contributed by atoms with van der Waals surface area (Å²) in [5.41, 5.74) is 0. The highest BCUT2D eigenvalue weighted by Crippen LogP contribution is 2.16. The second-order valence-corrected chi connectivity index (χ2v) is 4.18. The summed E-state index contributed by atoms with van der Waals surface area (Å²) < 4.78 is 6.11. The van der Waals surface area contributed by atoms with Gasteiger partial charge in [0.05, 0.1) is 32.3 Å². The predicted molar refractivity (Wildman–Crippen MR) is 67.1 cm³/mol. The van der Waals surface area contributed by atoms with Gasteiger partial charge in [0.1, 0.15) is 0 Å². The highest BCUT2D eigenvalue weighted by Gasteiger charge is 2.28. The third-order valence-corrected chi connectivity index (χ3v) is 3.77. The van der Waals surface area contributed by atoms with Crippen molar-refractivity contribution in [2.45, 2.75) is 40.2 Å². The van der Waals surface area contributed by atoms with Crippen LogP contribution in [0.2, 0.25) is 0 Å². The second kappa shape index (κ2) is 7.44. The number of esters is 1. The van der Waals surface area contributed by atoms with Gasteiger partial charge in [-0.05, 0) is 27.7 Å². The van der Waals surface area contributed by atoms with Crippen molar-refractivity contribution in [1.82, 2.24) is 0 Å². The van der Waals surface area contributed by atoms with Crippen molar-refractivity contribution in [2.75, 3.05) is 26.2 Å². The molecule has 0 N–H and O–H groups in total. The molecule has 0 saturated heterocycles. The molecule has 0 aliphatic carbocycles. The molecule has 0 aliphatic rings. The quantitative estimate of drug-likeness (QED) is 0.362. The van der Waals surface area contributed by atoms with Crippen molar-refractivity contribution < 1.29 is 14.0 Å². The van der Waals surface area contributed by atoms with E-state index in [2.05, 4.69) is 34.3 Å². The van der Waals surface area contributed by atoms with Gasteiger partial charge in [0.15, 0.2) is 0 Å². The third kappa shape index (κ3) is 3.97. The molecule has 0 rings (SSSR count). The summed E-state index contributed by atoms with van der Waals surface area (Å²) in [5.74, 6) is -0.324. The van der Waals surface area contributed by atoms with E-state index in [1.165, 1.54) is 6.08 Å². The first-order valence-corrected chi connectivity index (χ1v) is 6.21. The number of hydrogen-bond donors (Lipinski definition) is 0. The van der Waals surface area contributed by atoms with Crippen LogP contribution in [-0.2, 0) is 9.53 Å². The predicted octanol–water partition coefficient (Wildman–Crippen LogP) is 2.37. The molecular formula is C13H26NO2+. The molecule has 0 fully saturated rings. The van der Waals surface area contributed by atoms with E-state index < -0.39 is 0 Å². The van der Waals surface area contributed by atoms with Gasteiger partial charge in [0.2, 0.25) is 0 Å². The highest BCUT2D eigenvalue weighted by atomic mass is 16.5. The number of carbonyl (C=O) groups is 1. The minimum atomic E-state index is -0.324. The molecule has 0 bridgehead atoms. The van der Waals surface area contributed by atoms with Crippen LogP contribution in [-0.4, -0.2) is 42.7 Å². The molecule has 3 heteroatoms. The van der Waals surface area contributed by atoms with Gasteiger partial charge in [-0.2, -0.15) is 0 Å². The second-order valence-electron chi connectivity index (χ2n) is 4.18. The van der Waals surface area contributed by atoms with E-state index in [9.17, 15) is 4.79 Å². The van der Waals surface area contributed by atoms with Gasteiger partial charge in [0.25, 0.3) is 0 Å². The fourth-order valence-corrected chi connectivity index (χ4v) is 2.27. The molecule has 3 nitrogen and oxygen atoms in total. The van der Waals surface area contributed by atoms with Crippen molar-refractivity contribution in [2.24, 2.45) is 0 Å². The Bertz CT molecular complexity index is 214. The molecule has 0 aliphatic heterocycles. The maximum Gasteiger partial charge on any atom is 0.330 e. The minimum Gasteiger partial charge on any atom is -0.462 e. The Morgan fingerprint density at radius 2 is 1.81 bits per heavy atom. The maximum atomic E-state index is 10.9. The van der Waals surface area contributed by atoms with Crippen LogP contribution in [0.25, 0.3) is 0 Å². The molecule has 16 heavy (non-hydrogen) atoms. The van der Waals surface area contributed by atoms with Crippen LogP contribution >= 0.6 is 0 Å². The standard InChI is InChI=1S/C13H26NO2/c1-6-13(15)16-11-10-12(5)14(7-2,8-3)9-4/h6,12H,1,7-11H2,2-5H3/q+1. The summed E-state index contributed by atoms with van der Waals surface area (Å²) in [5, 5.41) is 0.